The van der Waals surface area contributed by atoms with Crippen LogP contribution in [0.5, 0.6) is 5.75 Å². The van der Waals surface area contributed by atoms with Gasteiger partial charge in [0.2, 0.25) is 11.8 Å². The molecule has 33 heavy (non-hydrogen) atoms. The van der Waals surface area contributed by atoms with Crippen molar-refractivity contribution in [2.24, 2.45) is 0 Å². The van der Waals surface area contributed by atoms with Gasteiger partial charge in [-0.05, 0) is 44.0 Å². The van der Waals surface area contributed by atoms with Crippen molar-refractivity contribution < 1.29 is 43.0 Å². The Hall–Kier alpha value is -3.57. The van der Waals surface area contributed by atoms with Gasteiger partial charge in [0.1, 0.15) is 24.1 Å². The standard InChI is InChI=1S/C21H25F2N3O7/c1-10-4-13(5-11(2)17(10)30)18(31)24-12(3)20(33)26-9-21(22,23)7-15(26)19(32)25-14(8-27)6-16(28)29/h4-5,8,12,14-15,30H,6-7,9H2,1-3H3,(H,24,31)(H,25,32)(H,28,29). The van der Waals surface area contributed by atoms with Crippen molar-refractivity contribution >= 4 is 30.0 Å². The summed E-state index contributed by atoms with van der Waals surface area (Å²) in [6.07, 6.45) is -1.60. The number of nitrogens with one attached hydrogen (secondary N) is 2. The fourth-order valence-corrected chi connectivity index (χ4v) is 3.56. The van der Waals surface area contributed by atoms with E-state index < -0.39 is 67.1 Å². The second-order valence-corrected chi connectivity index (χ2v) is 8.04. The summed E-state index contributed by atoms with van der Waals surface area (Å²) < 4.78 is 28.1. The van der Waals surface area contributed by atoms with Crippen LogP contribution in [0.4, 0.5) is 8.78 Å². The SMILES string of the molecule is Cc1cc(C(=O)NC(C)C(=O)N2CC(F)(F)CC2C(=O)NC(C=O)CC(=O)O)cc(C)c1O. The normalized spacial score (nSPS) is 18.8. The molecule has 180 valence electrons. The number of amides is 3. The third kappa shape index (κ3) is 6.24. The number of nitrogens with zero attached hydrogens (tertiary/aromatic N) is 1. The molecule has 12 heteroatoms. The molecule has 1 aromatic rings. The van der Waals surface area contributed by atoms with E-state index in [2.05, 4.69) is 10.6 Å². The topological polar surface area (TPSA) is 153 Å². The number of carboxylic acids is 1. The minimum atomic E-state index is -3.39. The summed E-state index contributed by atoms with van der Waals surface area (Å²) in [5.74, 6) is -7.49. The number of carbonyl (C=O) groups is 5. The minimum Gasteiger partial charge on any atom is -0.507 e. The number of aromatic hydroxyl groups is 1. The molecule has 1 fully saturated rings. The third-order valence-electron chi connectivity index (χ3n) is 5.21. The number of hydrogen-bond donors (Lipinski definition) is 4. The zero-order chi connectivity index (χ0) is 25.1. The van der Waals surface area contributed by atoms with Crippen LogP contribution in [0.3, 0.4) is 0 Å². The highest BCUT2D eigenvalue weighted by Gasteiger charge is 2.51. The maximum absolute atomic E-state index is 14.1. The zero-order valence-corrected chi connectivity index (χ0v) is 18.2. The van der Waals surface area contributed by atoms with Crippen molar-refractivity contribution in [3.05, 3.63) is 28.8 Å². The highest BCUT2D eigenvalue weighted by molar-refractivity contribution is 5.99. The fraction of sp³-hybridized carbons (Fsp3) is 0.476. The van der Waals surface area contributed by atoms with Gasteiger partial charge in [-0.2, -0.15) is 0 Å². The van der Waals surface area contributed by atoms with Gasteiger partial charge in [0.05, 0.1) is 19.0 Å². The molecule has 1 aliphatic heterocycles. The quantitative estimate of drug-likeness (QED) is 0.405. The number of alkyl halides is 2. The van der Waals surface area contributed by atoms with Crippen LogP contribution >= 0.6 is 0 Å². The van der Waals surface area contributed by atoms with E-state index in [1.165, 1.54) is 19.1 Å². The molecular weight excluding hydrogens is 444 g/mol. The summed E-state index contributed by atoms with van der Waals surface area (Å²) >= 11 is 0. The van der Waals surface area contributed by atoms with E-state index in [0.717, 1.165) is 0 Å². The number of carbonyl (C=O) groups excluding carboxylic acids is 4. The lowest BCUT2D eigenvalue weighted by Gasteiger charge is -2.27. The van der Waals surface area contributed by atoms with E-state index in [0.29, 0.717) is 16.0 Å². The molecular formula is C21H25F2N3O7. The molecule has 1 saturated heterocycles. The Morgan fingerprint density at radius 1 is 1.21 bits per heavy atom. The van der Waals surface area contributed by atoms with Gasteiger partial charge in [-0.15, -0.1) is 0 Å². The Bertz CT molecular complexity index is 960. The van der Waals surface area contributed by atoms with Gasteiger partial charge < -0.3 is 30.5 Å². The van der Waals surface area contributed by atoms with Gasteiger partial charge in [0, 0.05) is 12.0 Å². The van der Waals surface area contributed by atoms with Crippen LogP contribution in [-0.2, 0) is 19.2 Å². The number of benzene rings is 1. The van der Waals surface area contributed by atoms with Crippen LogP contribution in [-0.4, -0.2) is 75.7 Å². The molecule has 4 N–H and O–H groups in total. The number of phenols is 1. The Labute approximate surface area is 187 Å². The van der Waals surface area contributed by atoms with Crippen molar-refractivity contribution in [1.82, 2.24) is 15.5 Å². The van der Waals surface area contributed by atoms with Gasteiger partial charge in [-0.1, -0.05) is 0 Å². The molecule has 1 aliphatic rings. The van der Waals surface area contributed by atoms with Gasteiger partial charge in [0.25, 0.3) is 11.8 Å². The fourth-order valence-electron chi connectivity index (χ4n) is 3.56. The Morgan fingerprint density at radius 3 is 2.30 bits per heavy atom. The second-order valence-electron chi connectivity index (χ2n) is 8.04. The number of likely N-dealkylation sites (tertiary alicyclic amines) is 1. The number of aliphatic carboxylic acids is 1. The van der Waals surface area contributed by atoms with Gasteiger partial charge in [-0.25, -0.2) is 8.78 Å². The number of halogens is 2. The molecule has 2 rings (SSSR count). The molecule has 0 spiro atoms. The predicted molar refractivity (Wildman–Crippen MR) is 110 cm³/mol. The van der Waals surface area contributed by atoms with Crippen LogP contribution in [0.25, 0.3) is 0 Å². The molecule has 10 nitrogen and oxygen atoms in total. The molecule has 1 heterocycles. The molecule has 0 saturated carbocycles. The van der Waals surface area contributed by atoms with Gasteiger partial charge in [-0.3, -0.25) is 19.2 Å². The van der Waals surface area contributed by atoms with E-state index in [4.69, 9.17) is 5.11 Å². The number of aldehydes is 1. The number of hydrogen-bond acceptors (Lipinski definition) is 6. The van der Waals surface area contributed by atoms with Crippen LogP contribution in [0.15, 0.2) is 12.1 Å². The lowest BCUT2D eigenvalue weighted by atomic mass is 10.0. The summed E-state index contributed by atoms with van der Waals surface area (Å²) in [5, 5.41) is 23.0. The van der Waals surface area contributed by atoms with E-state index >= 15 is 0 Å². The Morgan fingerprint density at radius 2 is 1.79 bits per heavy atom. The van der Waals surface area contributed by atoms with Crippen molar-refractivity contribution in [2.45, 2.75) is 57.7 Å². The maximum atomic E-state index is 14.1. The molecule has 3 amide bonds. The molecule has 0 radical (unpaired) electrons. The van der Waals surface area contributed by atoms with E-state index in [1.807, 2.05) is 0 Å². The van der Waals surface area contributed by atoms with Crippen LogP contribution in [0, 0.1) is 13.8 Å². The highest BCUT2D eigenvalue weighted by Crippen LogP contribution is 2.32. The van der Waals surface area contributed by atoms with Crippen molar-refractivity contribution in [3.63, 3.8) is 0 Å². The van der Waals surface area contributed by atoms with E-state index in [-0.39, 0.29) is 17.6 Å². The predicted octanol–water partition coefficient (Wildman–Crippen LogP) is 0.522. The minimum absolute atomic E-state index is 0.0142. The smallest absolute Gasteiger partial charge is 0.305 e. The first kappa shape index (κ1) is 25.7. The van der Waals surface area contributed by atoms with Crippen LogP contribution < -0.4 is 10.6 Å². The molecule has 3 unspecified atom stereocenters. The van der Waals surface area contributed by atoms with Crippen molar-refractivity contribution in [1.29, 1.82) is 0 Å². The van der Waals surface area contributed by atoms with Crippen molar-refractivity contribution in [2.75, 3.05) is 6.54 Å². The number of phenolic OH excluding ortho intramolecular Hbond substituents is 1. The van der Waals surface area contributed by atoms with Gasteiger partial charge >= 0.3 is 5.97 Å². The third-order valence-corrected chi connectivity index (χ3v) is 5.21. The largest absolute Gasteiger partial charge is 0.507 e. The second kappa shape index (κ2) is 9.92. The molecule has 0 aliphatic carbocycles. The lowest BCUT2D eigenvalue weighted by molar-refractivity contribution is -0.142. The first-order valence-electron chi connectivity index (χ1n) is 10.0. The molecule has 0 aromatic heterocycles. The van der Waals surface area contributed by atoms with Crippen LogP contribution in [0.1, 0.15) is 41.3 Å². The van der Waals surface area contributed by atoms with E-state index in [1.54, 1.807) is 13.8 Å². The average Bonchev–Trinajstić information content (AvgIpc) is 3.05. The summed E-state index contributed by atoms with van der Waals surface area (Å²) in [4.78, 5) is 60.2. The average molecular weight is 469 g/mol. The van der Waals surface area contributed by atoms with Gasteiger partial charge in [0.15, 0.2) is 0 Å². The van der Waals surface area contributed by atoms with E-state index in [9.17, 15) is 37.9 Å². The number of rotatable bonds is 8. The number of carboxylic acid groups (broad SMARTS) is 1. The zero-order valence-electron chi connectivity index (χ0n) is 18.2. The van der Waals surface area contributed by atoms with Crippen molar-refractivity contribution in [3.8, 4) is 5.75 Å². The summed E-state index contributed by atoms with van der Waals surface area (Å²) in [6.45, 7) is 3.36. The first-order chi connectivity index (χ1) is 15.3. The summed E-state index contributed by atoms with van der Waals surface area (Å²) in [6, 6.07) is -1.58. The highest BCUT2D eigenvalue weighted by atomic mass is 19.3. The lowest BCUT2D eigenvalue weighted by Crippen LogP contribution is -2.54. The molecule has 3 atom stereocenters. The first-order valence-corrected chi connectivity index (χ1v) is 10.0. The number of aryl methyl sites for hydroxylation is 2. The summed E-state index contributed by atoms with van der Waals surface area (Å²) in [5.41, 5.74) is 1.01. The van der Waals surface area contributed by atoms with Crippen LogP contribution in [0.2, 0.25) is 0 Å². The molecule has 1 aromatic carbocycles. The maximum Gasteiger partial charge on any atom is 0.305 e. The Kier molecular flexibility index (Phi) is 7.72. The molecule has 0 bridgehead atoms. The Balaban J connectivity index is 2.15. The summed E-state index contributed by atoms with van der Waals surface area (Å²) in [7, 11) is 0. The monoisotopic (exact) mass is 469 g/mol.